The van der Waals surface area contributed by atoms with Crippen molar-refractivity contribution in [3.8, 4) is 0 Å². The third-order valence-corrected chi connectivity index (χ3v) is 4.05. The van der Waals surface area contributed by atoms with Gasteiger partial charge in [0, 0.05) is 6.54 Å². The van der Waals surface area contributed by atoms with Crippen LogP contribution in [0.1, 0.15) is 36.2 Å². The van der Waals surface area contributed by atoms with E-state index in [2.05, 4.69) is 16.4 Å². The zero-order chi connectivity index (χ0) is 14.2. The standard InChI is InChI=1S/C16H17FN2O/c1-2-16(20,14-8-7-12(17)10-18-14)15-13-6-4-3-5-11(13)9-19-15/h3-8,10,15,19-20H,2,9H2,1H3. The van der Waals surface area contributed by atoms with Crippen molar-refractivity contribution in [1.82, 2.24) is 10.3 Å². The summed E-state index contributed by atoms with van der Waals surface area (Å²) in [7, 11) is 0. The molecule has 0 amide bonds. The first kappa shape index (κ1) is 13.2. The first-order chi connectivity index (χ1) is 9.65. The van der Waals surface area contributed by atoms with Gasteiger partial charge in [0.25, 0.3) is 0 Å². The number of nitrogens with one attached hydrogen (secondary N) is 1. The van der Waals surface area contributed by atoms with Gasteiger partial charge in [0.1, 0.15) is 11.4 Å². The first-order valence-corrected chi connectivity index (χ1v) is 6.80. The summed E-state index contributed by atoms with van der Waals surface area (Å²) in [6.45, 7) is 2.64. The Hall–Kier alpha value is -1.78. The molecule has 1 aliphatic heterocycles. The lowest BCUT2D eigenvalue weighted by Crippen LogP contribution is -2.38. The van der Waals surface area contributed by atoms with E-state index in [1.165, 1.54) is 11.6 Å². The average Bonchev–Trinajstić information content (AvgIpc) is 2.91. The molecule has 20 heavy (non-hydrogen) atoms. The fourth-order valence-electron chi connectivity index (χ4n) is 2.89. The number of aromatic nitrogens is 1. The fraction of sp³-hybridized carbons (Fsp3) is 0.312. The number of pyridine rings is 1. The van der Waals surface area contributed by atoms with Crippen molar-refractivity contribution in [3.05, 3.63) is 65.2 Å². The molecule has 1 aliphatic rings. The number of hydrogen-bond acceptors (Lipinski definition) is 3. The fourth-order valence-corrected chi connectivity index (χ4v) is 2.89. The van der Waals surface area contributed by atoms with Gasteiger partial charge in [0.15, 0.2) is 0 Å². The van der Waals surface area contributed by atoms with Crippen molar-refractivity contribution in [2.24, 2.45) is 0 Å². The molecule has 2 aromatic rings. The van der Waals surface area contributed by atoms with E-state index in [1.807, 2.05) is 25.1 Å². The Labute approximate surface area is 117 Å². The van der Waals surface area contributed by atoms with Crippen LogP contribution in [0.5, 0.6) is 0 Å². The molecule has 2 heterocycles. The van der Waals surface area contributed by atoms with Gasteiger partial charge in [-0.05, 0) is 29.7 Å². The molecule has 3 rings (SSSR count). The highest BCUT2D eigenvalue weighted by molar-refractivity contribution is 5.37. The van der Waals surface area contributed by atoms with Gasteiger partial charge in [-0.1, -0.05) is 31.2 Å². The summed E-state index contributed by atoms with van der Waals surface area (Å²) in [5.74, 6) is -0.396. The normalized spacial score (nSPS) is 20.4. The molecule has 0 saturated carbocycles. The summed E-state index contributed by atoms with van der Waals surface area (Å²) >= 11 is 0. The van der Waals surface area contributed by atoms with E-state index in [-0.39, 0.29) is 6.04 Å². The van der Waals surface area contributed by atoms with E-state index in [1.54, 1.807) is 6.07 Å². The van der Waals surface area contributed by atoms with Crippen molar-refractivity contribution in [1.29, 1.82) is 0 Å². The topological polar surface area (TPSA) is 45.2 Å². The van der Waals surface area contributed by atoms with Crippen molar-refractivity contribution in [3.63, 3.8) is 0 Å². The zero-order valence-electron chi connectivity index (χ0n) is 11.3. The van der Waals surface area contributed by atoms with Gasteiger partial charge in [0.05, 0.1) is 17.9 Å². The van der Waals surface area contributed by atoms with Crippen LogP contribution >= 0.6 is 0 Å². The van der Waals surface area contributed by atoms with Gasteiger partial charge in [-0.3, -0.25) is 4.98 Å². The molecular formula is C16H17FN2O. The number of halogens is 1. The van der Waals surface area contributed by atoms with Crippen LogP contribution in [0.3, 0.4) is 0 Å². The molecule has 1 aromatic carbocycles. The second kappa shape index (κ2) is 4.96. The highest BCUT2D eigenvalue weighted by Gasteiger charge is 2.42. The van der Waals surface area contributed by atoms with Gasteiger partial charge >= 0.3 is 0 Å². The van der Waals surface area contributed by atoms with E-state index >= 15 is 0 Å². The molecule has 0 radical (unpaired) electrons. The van der Waals surface area contributed by atoms with Gasteiger partial charge in [-0.2, -0.15) is 0 Å². The quantitative estimate of drug-likeness (QED) is 0.903. The molecule has 2 unspecified atom stereocenters. The van der Waals surface area contributed by atoms with Crippen molar-refractivity contribution < 1.29 is 9.50 Å². The van der Waals surface area contributed by atoms with Gasteiger partial charge in [-0.25, -0.2) is 4.39 Å². The van der Waals surface area contributed by atoms with Gasteiger partial charge in [-0.15, -0.1) is 0 Å². The molecule has 3 nitrogen and oxygen atoms in total. The second-order valence-electron chi connectivity index (χ2n) is 5.15. The van der Waals surface area contributed by atoms with Crippen LogP contribution < -0.4 is 5.32 Å². The van der Waals surface area contributed by atoms with Crippen LogP contribution in [0.2, 0.25) is 0 Å². The lowest BCUT2D eigenvalue weighted by atomic mass is 9.83. The second-order valence-corrected chi connectivity index (χ2v) is 5.15. The Bertz CT molecular complexity index is 614. The number of benzene rings is 1. The number of aliphatic hydroxyl groups is 1. The van der Waals surface area contributed by atoms with Crippen LogP contribution in [0.25, 0.3) is 0 Å². The molecule has 2 atom stereocenters. The number of fused-ring (bicyclic) bond motifs is 1. The third-order valence-electron chi connectivity index (χ3n) is 4.05. The SMILES string of the molecule is CCC(O)(c1ccc(F)cn1)C1NCc2ccccc21. The van der Waals surface area contributed by atoms with Crippen molar-refractivity contribution >= 4 is 0 Å². The lowest BCUT2D eigenvalue weighted by molar-refractivity contribution is -0.00937. The summed E-state index contributed by atoms with van der Waals surface area (Å²) in [6, 6.07) is 10.7. The van der Waals surface area contributed by atoms with E-state index in [0.29, 0.717) is 12.1 Å². The molecule has 1 aromatic heterocycles. The Morgan fingerprint density at radius 2 is 2.15 bits per heavy atom. The minimum atomic E-state index is -1.14. The monoisotopic (exact) mass is 272 g/mol. The minimum Gasteiger partial charge on any atom is -0.382 e. The summed E-state index contributed by atoms with van der Waals surface area (Å²) < 4.78 is 13.0. The molecule has 104 valence electrons. The van der Waals surface area contributed by atoms with Gasteiger partial charge in [0.2, 0.25) is 0 Å². The third kappa shape index (κ3) is 2.01. The highest BCUT2D eigenvalue weighted by Crippen LogP contribution is 2.41. The number of nitrogens with zero attached hydrogens (tertiary/aromatic N) is 1. The molecule has 0 saturated heterocycles. The van der Waals surface area contributed by atoms with E-state index in [4.69, 9.17) is 0 Å². The summed E-state index contributed by atoms with van der Waals surface area (Å²) in [6.07, 6.45) is 1.65. The van der Waals surface area contributed by atoms with E-state index in [9.17, 15) is 9.50 Å². The van der Waals surface area contributed by atoms with E-state index < -0.39 is 11.4 Å². The predicted molar refractivity (Wildman–Crippen MR) is 74.4 cm³/mol. The van der Waals surface area contributed by atoms with Crippen molar-refractivity contribution in [2.45, 2.75) is 31.5 Å². The van der Waals surface area contributed by atoms with Crippen molar-refractivity contribution in [2.75, 3.05) is 0 Å². The highest BCUT2D eigenvalue weighted by atomic mass is 19.1. The summed E-state index contributed by atoms with van der Waals surface area (Å²) in [5, 5.41) is 14.4. The molecular weight excluding hydrogens is 255 g/mol. The lowest BCUT2D eigenvalue weighted by Gasteiger charge is -2.33. The van der Waals surface area contributed by atoms with Crippen LogP contribution in [-0.2, 0) is 12.1 Å². The summed E-state index contributed by atoms with van der Waals surface area (Å²) in [5.41, 5.74) is 1.63. The van der Waals surface area contributed by atoms with Gasteiger partial charge < -0.3 is 10.4 Å². The maximum atomic E-state index is 13.0. The zero-order valence-corrected chi connectivity index (χ0v) is 11.3. The molecule has 0 fully saturated rings. The average molecular weight is 272 g/mol. The number of hydrogen-bond donors (Lipinski definition) is 2. The number of rotatable bonds is 3. The largest absolute Gasteiger partial charge is 0.382 e. The first-order valence-electron chi connectivity index (χ1n) is 6.80. The maximum Gasteiger partial charge on any atom is 0.141 e. The van der Waals surface area contributed by atoms with E-state index in [0.717, 1.165) is 18.3 Å². The Morgan fingerprint density at radius 3 is 2.85 bits per heavy atom. The molecule has 4 heteroatoms. The van der Waals surface area contributed by atoms with Crippen LogP contribution in [0, 0.1) is 5.82 Å². The smallest absolute Gasteiger partial charge is 0.141 e. The molecule has 0 bridgehead atoms. The molecule has 0 spiro atoms. The molecule has 2 N–H and O–H groups in total. The van der Waals surface area contributed by atoms with Crippen LogP contribution in [0.4, 0.5) is 4.39 Å². The van der Waals surface area contributed by atoms with Crippen LogP contribution in [0.15, 0.2) is 42.6 Å². The Morgan fingerprint density at radius 1 is 1.35 bits per heavy atom. The summed E-state index contributed by atoms with van der Waals surface area (Å²) in [4.78, 5) is 4.07. The van der Waals surface area contributed by atoms with Crippen LogP contribution in [-0.4, -0.2) is 10.1 Å². The predicted octanol–water partition coefficient (Wildman–Crippen LogP) is 2.66. The Kier molecular flexibility index (Phi) is 3.28. The Balaban J connectivity index is 2.04. The minimum absolute atomic E-state index is 0.221. The molecule has 0 aliphatic carbocycles. The maximum absolute atomic E-state index is 13.0.